The van der Waals surface area contributed by atoms with E-state index in [-0.39, 0.29) is 33.9 Å². The second kappa shape index (κ2) is 9.93. The zero-order chi connectivity index (χ0) is 19.2. The van der Waals surface area contributed by atoms with Crippen molar-refractivity contribution in [1.82, 2.24) is 9.21 Å². The predicted octanol–water partition coefficient (Wildman–Crippen LogP) is 4.19. The van der Waals surface area contributed by atoms with Crippen LogP contribution in [0.5, 0.6) is 0 Å². The lowest BCUT2D eigenvalue weighted by molar-refractivity contribution is -0.132. The fourth-order valence-corrected chi connectivity index (χ4v) is 5.59. The Kier molecular flexibility index (Phi) is 8.20. The van der Waals surface area contributed by atoms with Crippen LogP contribution < -0.4 is 0 Å². The summed E-state index contributed by atoms with van der Waals surface area (Å²) in [6, 6.07) is 4.64. The zero-order valence-corrected chi connectivity index (χ0v) is 17.4. The Balaban J connectivity index is 1.90. The maximum absolute atomic E-state index is 12.8. The molecule has 1 aromatic carbocycles. The van der Waals surface area contributed by atoms with Crippen LogP contribution in [-0.4, -0.2) is 49.7 Å². The van der Waals surface area contributed by atoms with Crippen molar-refractivity contribution in [2.24, 2.45) is 0 Å². The van der Waals surface area contributed by atoms with E-state index in [1.54, 1.807) is 11.0 Å². The number of benzene rings is 1. The summed E-state index contributed by atoms with van der Waals surface area (Å²) in [4.78, 5) is 14.0. The number of hydrogen-bond acceptors (Lipinski definition) is 3. The van der Waals surface area contributed by atoms with Crippen molar-refractivity contribution in [3.8, 4) is 0 Å². The van der Waals surface area contributed by atoms with E-state index in [1.165, 1.54) is 29.3 Å². The van der Waals surface area contributed by atoms with Gasteiger partial charge in [-0.05, 0) is 18.6 Å². The number of halogens is 2. The van der Waals surface area contributed by atoms with E-state index in [0.29, 0.717) is 19.5 Å². The quantitative estimate of drug-likeness (QED) is 0.592. The number of nitrogens with zero attached hydrogens (tertiary/aromatic N) is 2. The minimum absolute atomic E-state index is 0.0564. The van der Waals surface area contributed by atoms with E-state index < -0.39 is 10.0 Å². The average Bonchev–Trinajstić information content (AvgIpc) is 2.61. The molecule has 146 valence electrons. The lowest BCUT2D eigenvalue weighted by Crippen LogP contribution is -2.50. The molecule has 1 amide bonds. The Morgan fingerprint density at radius 1 is 1.00 bits per heavy atom. The first-order valence-corrected chi connectivity index (χ1v) is 11.3. The van der Waals surface area contributed by atoms with E-state index in [0.717, 1.165) is 19.3 Å². The molecule has 0 aromatic heterocycles. The van der Waals surface area contributed by atoms with Crippen LogP contribution >= 0.6 is 23.2 Å². The number of sulfonamides is 1. The molecule has 1 fully saturated rings. The van der Waals surface area contributed by atoms with Gasteiger partial charge in [0, 0.05) is 32.6 Å². The zero-order valence-electron chi connectivity index (χ0n) is 15.1. The first-order chi connectivity index (χ1) is 12.4. The third kappa shape index (κ3) is 5.35. The van der Waals surface area contributed by atoms with E-state index >= 15 is 0 Å². The summed E-state index contributed by atoms with van der Waals surface area (Å²) in [5, 5.41) is 0.228. The van der Waals surface area contributed by atoms with Gasteiger partial charge in [0.2, 0.25) is 15.9 Å². The van der Waals surface area contributed by atoms with Gasteiger partial charge < -0.3 is 4.90 Å². The summed E-state index contributed by atoms with van der Waals surface area (Å²) in [5.74, 6) is 0.106. The molecule has 1 aliphatic rings. The highest BCUT2D eigenvalue weighted by molar-refractivity contribution is 7.89. The molecule has 5 nitrogen and oxygen atoms in total. The summed E-state index contributed by atoms with van der Waals surface area (Å²) in [6.45, 7) is 3.47. The molecule has 1 saturated heterocycles. The molecule has 0 saturated carbocycles. The first-order valence-electron chi connectivity index (χ1n) is 9.10. The Hall–Kier alpha value is -0.820. The Labute approximate surface area is 166 Å². The molecular weight excluding hydrogens is 395 g/mol. The number of carbonyl (C=O) groups is 1. The fraction of sp³-hybridized carbons (Fsp3) is 0.611. The first kappa shape index (κ1) is 21.5. The molecule has 1 aliphatic heterocycles. The molecule has 0 radical (unpaired) electrons. The second-order valence-corrected chi connectivity index (χ2v) is 9.19. The van der Waals surface area contributed by atoms with Crippen LogP contribution in [0.3, 0.4) is 0 Å². The Bertz CT molecular complexity index is 697. The average molecular weight is 421 g/mol. The molecule has 0 unspecified atom stereocenters. The SMILES string of the molecule is CCCCCCCC(=O)N1CCN(S(=O)(=O)c2c(Cl)cccc2Cl)CC1. The van der Waals surface area contributed by atoms with E-state index in [4.69, 9.17) is 23.2 Å². The van der Waals surface area contributed by atoms with Gasteiger partial charge in [-0.25, -0.2) is 8.42 Å². The molecule has 8 heteroatoms. The highest BCUT2D eigenvalue weighted by Gasteiger charge is 2.32. The van der Waals surface area contributed by atoms with Gasteiger partial charge in [-0.15, -0.1) is 0 Å². The summed E-state index contributed by atoms with van der Waals surface area (Å²) < 4.78 is 27.0. The molecule has 0 bridgehead atoms. The molecular formula is C18H26Cl2N2O3S. The van der Waals surface area contributed by atoms with Gasteiger partial charge in [-0.3, -0.25) is 4.79 Å². The van der Waals surface area contributed by atoms with Gasteiger partial charge in [0.25, 0.3) is 0 Å². The van der Waals surface area contributed by atoms with Crippen molar-refractivity contribution in [3.05, 3.63) is 28.2 Å². The number of carbonyl (C=O) groups excluding carboxylic acids is 1. The lowest BCUT2D eigenvalue weighted by atomic mass is 10.1. The summed E-state index contributed by atoms with van der Waals surface area (Å²) in [6.07, 6.45) is 6.04. The van der Waals surface area contributed by atoms with Crippen LogP contribution in [0.2, 0.25) is 10.0 Å². The summed E-state index contributed by atoms with van der Waals surface area (Å²) in [5.41, 5.74) is 0. The van der Waals surface area contributed by atoms with Crippen molar-refractivity contribution in [2.75, 3.05) is 26.2 Å². The molecule has 1 aromatic rings. The van der Waals surface area contributed by atoms with Gasteiger partial charge in [0.1, 0.15) is 4.90 Å². The van der Waals surface area contributed by atoms with Crippen LogP contribution in [0.25, 0.3) is 0 Å². The maximum Gasteiger partial charge on any atom is 0.246 e. The minimum atomic E-state index is -3.77. The van der Waals surface area contributed by atoms with Gasteiger partial charge in [0.05, 0.1) is 10.0 Å². The topological polar surface area (TPSA) is 57.7 Å². The highest BCUT2D eigenvalue weighted by atomic mass is 35.5. The number of piperazine rings is 1. The summed E-state index contributed by atoms with van der Waals surface area (Å²) >= 11 is 12.1. The van der Waals surface area contributed by atoms with Crippen LogP contribution in [0.4, 0.5) is 0 Å². The van der Waals surface area contributed by atoms with Gasteiger partial charge >= 0.3 is 0 Å². The molecule has 0 N–H and O–H groups in total. The predicted molar refractivity (Wildman–Crippen MR) is 105 cm³/mol. The fourth-order valence-electron chi connectivity index (χ4n) is 3.07. The number of amides is 1. The minimum Gasteiger partial charge on any atom is -0.340 e. The normalized spacial score (nSPS) is 16.0. The van der Waals surface area contributed by atoms with Crippen LogP contribution in [0.15, 0.2) is 23.1 Å². The van der Waals surface area contributed by atoms with Crippen LogP contribution in [0, 0.1) is 0 Å². The number of rotatable bonds is 8. The van der Waals surface area contributed by atoms with Crippen LogP contribution in [0.1, 0.15) is 45.4 Å². The van der Waals surface area contributed by atoms with E-state index in [9.17, 15) is 13.2 Å². The molecule has 1 heterocycles. The largest absolute Gasteiger partial charge is 0.340 e. The van der Waals surface area contributed by atoms with Crippen molar-refractivity contribution in [2.45, 2.75) is 50.3 Å². The van der Waals surface area contributed by atoms with Crippen molar-refractivity contribution in [3.63, 3.8) is 0 Å². The van der Waals surface area contributed by atoms with Gasteiger partial charge in [-0.1, -0.05) is 61.9 Å². The van der Waals surface area contributed by atoms with Crippen molar-refractivity contribution >= 4 is 39.1 Å². The highest BCUT2D eigenvalue weighted by Crippen LogP contribution is 2.31. The Morgan fingerprint density at radius 2 is 1.58 bits per heavy atom. The number of hydrogen-bond donors (Lipinski definition) is 0. The van der Waals surface area contributed by atoms with Crippen LogP contribution in [-0.2, 0) is 14.8 Å². The van der Waals surface area contributed by atoms with E-state index in [2.05, 4.69) is 6.92 Å². The Morgan fingerprint density at radius 3 is 2.15 bits per heavy atom. The van der Waals surface area contributed by atoms with E-state index in [1.807, 2.05) is 0 Å². The van der Waals surface area contributed by atoms with Crippen molar-refractivity contribution < 1.29 is 13.2 Å². The standard InChI is InChI=1S/C18H26Cl2N2O3S/c1-2-3-4-5-6-10-17(23)21-11-13-22(14-12-21)26(24,25)18-15(19)8-7-9-16(18)20/h7-9H,2-6,10-14H2,1H3. The smallest absolute Gasteiger partial charge is 0.246 e. The maximum atomic E-state index is 12.8. The molecule has 26 heavy (non-hydrogen) atoms. The lowest BCUT2D eigenvalue weighted by Gasteiger charge is -2.34. The monoisotopic (exact) mass is 420 g/mol. The molecule has 0 aliphatic carbocycles. The number of unbranched alkanes of at least 4 members (excludes halogenated alkanes) is 4. The van der Waals surface area contributed by atoms with Gasteiger partial charge in [-0.2, -0.15) is 4.31 Å². The summed E-state index contributed by atoms with van der Waals surface area (Å²) in [7, 11) is -3.77. The third-order valence-corrected chi connectivity index (χ3v) is 7.46. The molecule has 0 atom stereocenters. The van der Waals surface area contributed by atoms with Gasteiger partial charge in [0.15, 0.2) is 0 Å². The molecule has 0 spiro atoms. The third-order valence-electron chi connectivity index (χ3n) is 4.60. The van der Waals surface area contributed by atoms with Crippen molar-refractivity contribution in [1.29, 1.82) is 0 Å². The molecule has 2 rings (SSSR count). The second-order valence-electron chi connectivity index (χ2n) is 6.50.